The molecule has 3 rings (SSSR count). The van der Waals surface area contributed by atoms with Gasteiger partial charge in [0.2, 0.25) is 0 Å². The van der Waals surface area contributed by atoms with Crippen LogP contribution < -0.4 is 5.73 Å². The Hall–Kier alpha value is -1.81. The molecule has 1 aromatic carbocycles. The van der Waals surface area contributed by atoms with Gasteiger partial charge in [-0.2, -0.15) is 0 Å². The van der Waals surface area contributed by atoms with E-state index in [2.05, 4.69) is 33.5 Å². The molecular formula is C14H18N4. The van der Waals surface area contributed by atoms with Gasteiger partial charge in [0.25, 0.3) is 0 Å². The molecule has 2 aromatic rings. The average molecular weight is 242 g/mol. The van der Waals surface area contributed by atoms with E-state index in [-0.39, 0.29) is 0 Å². The zero-order valence-corrected chi connectivity index (χ0v) is 10.6. The first-order chi connectivity index (χ1) is 8.72. The summed E-state index contributed by atoms with van der Waals surface area (Å²) in [4.78, 5) is 6.77. The minimum absolute atomic E-state index is 0.884. The minimum Gasteiger partial charge on any atom is -0.398 e. The van der Waals surface area contributed by atoms with Crippen molar-refractivity contribution < 1.29 is 0 Å². The number of hydrogen-bond donors (Lipinski definition) is 1. The lowest BCUT2D eigenvalue weighted by Gasteiger charge is -2.28. The number of benzene rings is 1. The fourth-order valence-electron chi connectivity index (χ4n) is 2.47. The number of imidazole rings is 1. The fraction of sp³-hybridized carbons (Fsp3) is 0.357. The molecule has 0 atom stereocenters. The molecule has 1 aliphatic rings. The highest BCUT2D eigenvalue weighted by Crippen LogP contribution is 2.19. The first-order valence-electron chi connectivity index (χ1n) is 6.30. The molecule has 0 amide bonds. The van der Waals surface area contributed by atoms with Crippen LogP contribution in [0.15, 0.2) is 30.6 Å². The molecule has 0 unspecified atom stereocenters. The molecule has 4 heteroatoms. The highest BCUT2D eigenvalue weighted by Gasteiger charge is 2.17. The van der Waals surface area contributed by atoms with Crippen molar-refractivity contribution in [2.24, 2.45) is 0 Å². The zero-order valence-electron chi connectivity index (χ0n) is 10.6. The average Bonchev–Trinajstić information content (AvgIpc) is 2.81. The lowest BCUT2D eigenvalue weighted by Crippen LogP contribution is -2.33. The second-order valence-electron chi connectivity index (χ2n) is 4.95. The first-order valence-corrected chi connectivity index (χ1v) is 6.30. The van der Waals surface area contributed by atoms with Gasteiger partial charge in [0.1, 0.15) is 5.82 Å². The second kappa shape index (κ2) is 4.46. The summed E-state index contributed by atoms with van der Waals surface area (Å²) in [6.45, 7) is 5.98. The fourth-order valence-corrected chi connectivity index (χ4v) is 2.47. The number of nitrogens with two attached hydrogens (primary N) is 1. The summed E-state index contributed by atoms with van der Waals surface area (Å²) in [5, 5.41) is 0. The normalized spacial score (nSPS) is 15.6. The van der Waals surface area contributed by atoms with E-state index < -0.39 is 0 Å². The highest BCUT2D eigenvalue weighted by atomic mass is 15.2. The molecule has 4 nitrogen and oxygen atoms in total. The summed E-state index contributed by atoms with van der Waals surface area (Å²) in [7, 11) is 0. The van der Waals surface area contributed by atoms with Crippen LogP contribution in [-0.2, 0) is 19.6 Å². The topological polar surface area (TPSA) is 47.1 Å². The summed E-state index contributed by atoms with van der Waals surface area (Å²) in [6.07, 6.45) is 3.92. The number of nitrogen functional groups attached to an aromatic ring is 1. The van der Waals surface area contributed by atoms with Gasteiger partial charge in [-0.15, -0.1) is 0 Å². The van der Waals surface area contributed by atoms with E-state index in [1.165, 1.54) is 11.1 Å². The van der Waals surface area contributed by atoms with Crippen LogP contribution in [-0.4, -0.2) is 21.0 Å². The van der Waals surface area contributed by atoms with Crippen molar-refractivity contribution in [1.29, 1.82) is 0 Å². The first kappa shape index (κ1) is 11.3. The number of anilines is 1. The lowest BCUT2D eigenvalue weighted by molar-refractivity contribution is 0.209. The molecule has 0 aliphatic carbocycles. The predicted octanol–water partition coefficient (Wildman–Crippen LogP) is 1.79. The monoisotopic (exact) mass is 242 g/mol. The molecule has 0 radical (unpaired) electrons. The number of hydrogen-bond acceptors (Lipinski definition) is 3. The molecular weight excluding hydrogens is 224 g/mol. The molecule has 1 aliphatic heterocycles. The molecule has 0 fully saturated rings. The van der Waals surface area contributed by atoms with E-state index in [4.69, 9.17) is 5.73 Å². The van der Waals surface area contributed by atoms with Gasteiger partial charge >= 0.3 is 0 Å². The SMILES string of the molecule is Cc1ccc(N)c(CN2CCn3ccnc3C2)c1. The molecule has 1 aromatic heterocycles. The Bertz CT molecular complexity index is 559. The number of aryl methyl sites for hydroxylation is 1. The molecule has 0 saturated carbocycles. The Morgan fingerprint density at radius 3 is 3.11 bits per heavy atom. The summed E-state index contributed by atoms with van der Waals surface area (Å²) in [5.74, 6) is 1.15. The van der Waals surface area contributed by atoms with E-state index in [0.717, 1.165) is 37.7 Å². The molecule has 2 heterocycles. The maximum atomic E-state index is 6.03. The molecule has 2 N–H and O–H groups in total. The molecule has 18 heavy (non-hydrogen) atoms. The van der Waals surface area contributed by atoms with Crippen molar-refractivity contribution in [3.05, 3.63) is 47.5 Å². The van der Waals surface area contributed by atoms with Crippen molar-refractivity contribution in [3.8, 4) is 0 Å². The minimum atomic E-state index is 0.884. The third-order valence-corrected chi connectivity index (χ3v) is 3.52. The van der Waals surface area contributed by atoms with E-state index in [1.54, 1.807) is 0 Å². The van der Waals surface area contributed by atoms with E-state index in [1.807, 2.05) is 18.5 Å². The van der Waals surface area contributed by atoms with Crippen LogP contribution in [0.1, 0.15) is 17.0 Å². The van der Waals surface area contributed by atoms with Gasteiger partial charge in [0.15, 0.2) is 0 Å². The number of nitrogens with zero attached hydrogens (tertiary/aromatic N) is 3. The van der Waals surface area contributed by atoms with Crippen molar-refractivity contribution in [2.45, 2.75) is 26.6 Å². The lowest BCUT2D eigenvalue weighted by atomic mass is 10.1. The van der Waals surface area contributed by atoms with Gasteiger partial charge in [0, 0.05) is 37.7 Å². The van der Waals surface area contributed by atoms with E-state index in [0.29, 0.717) is 0 Å². The van der Waals surface area contributed by atoms with Gasteiger partial charge in [-0.05, 0) is 18.6 Å². The summed E-state index contributed by atoms with van der Waals surface area (Å²) in [5.41, 5.74) is 9.40. The van der Waals surface area contributed by atoms with Crippen molar-refractivity contribution >= 4 is 5.69 Å². The van der Waals surface area contributed by atoms with Crippen LogP contribution in [0.3, 0.4) is 0 Å². The largest absolute Gasteiger partial charge is 0.398 e. The summed E-state index contributed by atoms with van der Waals surface area (Å²) >= 11 is 0. The van der Waals surface area contributed by atoms with Gasteiger partial charge in [-0.1, -0.05) is 17.7 Å². The maximum absolute atomic E-state index is 6.03. The molecule has 94 valence electrons. The van der Waals surface area contributed by atoms with Crippen LogP contribution in [0.2, 0.25) is 0 Å². The zero-order chi connectivity index (χ0) is 12.5. The number of fused-ring (bicyclic) bond motifs is 1. The quantitative estimate of drug-likeness (QED) is 0.817. The summed E-state index contributed by atoms with van der Waals surface area (Å²) < 4.78 is 2.22. The third kappa shape index (κ3) is 2.11. The third-order valence-electron chi connectivity index (χ3n) is 3.52. The van der Waals surface area contributed by atoms with Gasteiger partial charge in [0.05, 0.1) is 6.54 Å². The Balaban J connectivity index is 1.76. The maximum Gasteiger partial charge on any atom is 0.122 e. The molecule has 0 spiro atoms. The smallest absolute Gasteiger partial charge is 0.122 e. The Labute approximate surface area is 107 Å². The van der Waals surface area contributed by atoms with Gasteiger partial charge in [-0.25, -0.2) is 4.98 Å². The molecule has 0 saturated heterocycles. The Morgan fingerprint density at radius 2 is 2.22 bits per heavy atom. The predicted molar refractivity (Wildman–Crippen MR) is 71.9 cm³/mol. The standard InChI is InChI=1S/C14H18N4/c1-11-2-3-13(15)12(8-11)9-17-6-7-18-5-4-16-14(18)10-17/h2-5,8H,6-7,9-10,15H2,1H3. The Kier molecular flexibility index (Phi) is 2.80. The number of aromatic nitrogens is 2. The number of rotatable bonds is 2. The highest BCUT2D eigenvalue weighted by molar-refractivity contribution is 5.48. The summed E-state index contributed by atoms with van der Waals surface area (Å²) in [6, 6.07) is 6.23. The van der Waals surface area contributed by atoms with Gasteiger partial charge < -0.3 is 10.3 Å². The van der Waals surface area contributed by atoms with Crippen LogP contribution >= 0.6 is 0 Å². The van der Waals surface area contributed by atoms with Crippen molar-refractivity contribution in [3.63, 3.8) is 0 Å². The van der Waals surface area contributed by atoms with Crippen LogP contribution in [0.4, 0.5) is 5.69 Å². The molecule has 0 bridgehead atoms. The van der Waals surface area contributed by atoms with Crippen LogP contribution in [0, 0.1) is 6.92 Å². The van der Waals surface area contributed by atoms with Crippen LogP contribution in [0.5, 0.6) is 0 Å². The van der Waals surface area contributed by atoms with Crippen LogP contribution in [0.25, 0.3) is 0 Å². The van der Waals surface area contributed by atoms with Gasteiger partial charge in [-0.3, -0.25) is 4.90 Å². The second-order valence-corrected chi connectivity index (χ2v) is 4.95. The Morgan fingerprint density at radius 1 is 1.33 bits per heavy atom. The van der Waals surface area contributed by atoms with E-state index in [9.17, 15) is 0 Å². The van der Waals surface area contributed by atoms with Crippen molar-refractivity contribution in [2.75, 3.05) is 12.3 Å². The van der Waals surface area contributed by atoms with E-state index >= 15 is 0 Å². The van der Waals surface area contributed by atoms with Crippen molar-refractivity contribution in [1.82, 2.24) is 14.5 Å².